The van der Waals surface area contributed by atoms with Gasteiger partial charge in [-0.25, -0.2) is 0 Å². The Morgan fingerprint density at radius 2 is 1.83 bits per heavy atom. The normalized spacial score (nSPS) is 12.9. The summed E-state index contributed by atoms with van der Waals surface area (Å²) in [7, 11) is 1.65. The number of hydrogen-bond donors (Lipinski definition) is 1. The van der Waals surface area contributed by atoms with E-state index in [2.05, 4.69) is 23.2 Å². The number of nitrogens with one attached hydrogen (secondary N) is 1. The Balaban J connectivity index is 1.62. The lowest BCUT2D eigenvalue weighted by molar-refractivity contribution is 0.0982. The number of H-pyrrole nitrogens is 1. The van der Waals surface area contributed by atoms with Crippen LogP contribution in [0.1, 0.15) is 16.1 Å². The third-order valence-electron chi connectivity index (χ3n) is 5.27. The van der Waals surface area contributed by atoms with E-state index < -0.39 is 0 Å². The molecule has 4 nitrogen and oxygen atoms in total. The lowest BCUT2D eigenvalue weighted by atomic mass is 10.2. The molecule has 0 unspecified atom stereocenters. The van der Waals surface area contributed by atoms with Crippen LogP contribution in [0.4, 0.5) is 5.69 Å². The van der Waals surface area contributed by atoms with Crippen LogP contribution in [-0.4, -0.2) is 24.5 Å². The van der Waals surface area contributed by atoms with Crippen molar-refractivity contribution in [3.63, 3.8) is 0 Å². The predicted molar refractivity (Wildman–Crippen MR) is 117 cm³/mol. The van der Waals surface area contributed by atoms with Gasteiger partial charge >= 0.3 is 0 Å². The van der Waals surface area contributed by atoms with Crippen LogP contribution in [0.25, 0.3) is 10.9 Å². The molecule has 4 aromatic rings. The first kappa shape index (κ1) is 17.9. The molecule has 0 bridgehead atoms. The highest BCUT2D eigenvalue weighted by Crippen LogP contribution is 2.39. The molecule has 0 saturated heterocycles. The van der Waals surface area contributed by atoms with Crippen LogP contribution in [0, 0.1) is 0 Å². The molecule has 0 fully saturated rings. The summed E-state index contributed by atoms with van der Waals surface area (Å²) in [6.07, 6.45) is 0.886. The summed E-state index contributed by atoms with van der Waals surface area (Å²) < 4.78 is 5.37. The topological polar surface area (TPSA) is 45.3 Å². The van der Waals surface area contributed by atoms with E-state index in [9.17, 15) is 4.79 Å². The molecular formula is C24H20N2O2S. The molecule has 1 aromatic heterocycles. The number of para-hydroxylation sites is 1. The van der Waals surface area contributed by atoms with Gasteiger partial charge in [0.2, 0.25) is 0 Å². The van der Waals surface area contributed by atoms with Crippen molar-refractivity contribution in [1.29, 1.82) is 0 Å². The summed E-state index contributed by atoms with van der Waals surface area (Å²) in [6.45, 7) is 0.701. The average Bonchev–Trinajstić information content (AvgIpc) is 3.35. The Morgan fingerprint density at radius 1 is 1.03 bits per heavy atom. The average molecular weight is 401 g/mol. The summed E-state index contributed by atoms with van der Waals surface area (Å²) in [5, 5.41) is 1.02. The van der Waals surface area contributed by atoms with Crippen LogP contribution in [-0.2, 0) is 6.42 Å². The molecule has 1 amide bonds. The van der Waals surface area contributed by atoms with Crippen LogP contribution < -0.4 is 9.64 Å². The number of methoxy groups -OCH3 is 1. The molecule has 5 heteroatoms. The summed E-state index contributed by atoms with van der Waals surface area (Å²) in [5.74, 6) is 0.768. The second-order valence-electron chi connectivity index (χ2n) is 6.99. The maximum Gasteiger partial charge on any atom is 0.275 e. The highest BCUT2D eigenvalue weighted by Gasteiger charge is 2.29. The van der Waals surface area contributed by atoms with Gasteiger partial charge in [-0.15, -0.1) is 0 Å². The Bertz CT molecular complexity index is 1200. The lowest BCUT2D eigenvalue weighted by Crippen LogP contribution is -2.29. The Morgan fingerprint density at radius 3 is 2.66 bits per heavy atom. The third-order valence-corrected chi connectivity index (χ3v) is 6.40. The molecule has 0 aliphatic carbocycles. The molecule has 0 atom stereocenters. The number of aromatic nitrogens is 1. The van der Waals surface area contributed by atoms with E-state index >= 15 is 0 Å². The van der Waals surface area contributed by atoms with Crippen molar-refractivity contribution in [2.45, 2.75) is 16.2 Å². The summed E-state index contributed by atoms with van der Waals surface area (Å²) in [4.78, 5) is 20.9. The highest BCUT2D eigenvalue weighted by atomic mass is 32.2. The number of amides is 1. The minimum absolute atomic E-state index is 0.00329. The largest absolute Gasteiger partial charge is 0.497 e. The Hall–Kier alpha value is -3.18. The van der Waals surface area contributed by atoms with Crippen LogP contribution in [0.5, 0.6) is 5.75 Å². The standard InChI is InChI=1S/C24H20N2O2S/c1-28-17-11-12-19-20(15-17)25-22(23(19)29-18-8-3-2-4-9-18)24(27)26-14-13-16-7-5-6-10-21(16)26/h2-12,15,25H,13-14H2,1H3. The molecule has 1 aliphatic rings. The zero-order valence-corrected chi connectivity index (χ0v) is 16.8. The van der Waals surface area contributed by atoms with Gasteiger partial charge in [-0.2, -0.15) is 0 Å². The second kappa shape index (κ2) is 7.33. The first-order valence-electron chi connectivity index (χ1n) is 9.57. The van der Waals surface area contributed by atoms with Crippen LogP contribution in [0.2, 0.25) is 0 Å². The molecule has 5 rings (SSSR count). The fraction of sp³-hybridized carbons (Fsp3) is 0.125. The van der Waals surface area contributed by atoms with E-state index in [1.165, 1.54) is 5.56 Å². The van der Waals surface area contributed by atoms with E-state index in [0.717, 1.165) is 38.6 Å². The van der Waals surface area contributed by atoms with Crippen LogP contribution >= 0.6 is 11.8 Å². The number of anilines is 1. The van der Waals surface area contributed by atoms with Gasteiger partial charge in [-0.1, -0.05) is 48.2 Å². The van der Waals surface area contributed by atoms with Crippen molar-refractivity contribution in [2.24, 2.45) is 0 Å². The van der Waals surface area contributed by atoms with Crippen LogP contribution in [0.3, 0.4) is 0 Å². The van der Waals surface area contributed by atoms with Crippen molar-refractivity contribution in [3.8, 4) is 5.75 Å². The number of aromatic amines is 1. The zero-order chi connectivity index (χ0) is 19.8. The van der Waals surface area contributed by atoms with Gasteiger partial charge in [0.15, 0.2) is 0 Å². The van der Waals surface area contributed by atoms with Crippen molar-refractivity contribution in [2.75, 3.05) is 18.6 Å². The Kier molecular flexibility index (Phi) is 4.52. The van der Waals surface area contributed by atoms with Crippen LogP contribution in [0.15, 0.2) is 82.6 Å². The first-order chi connectivity index (χ1) is 14.2. The zero-order valence-electron chi connectivity index (χ0n) is 16.0. The molecule has 3 aromatic carbocycles. The van der Waals surface area contributed by atoms with Crippen molar-refractivity contribution >= 4 is 34.3 Å². The molecule has 1 aliphatic heterocycles. The molecular weight excluding hydrogens is 380 g/mol. The van der Waals surface area contributed by atoms with Gasteiger partial charge in [0.1, 0.15) is 11.4 Å². The molecule has 29 heavy (non-hydrogen) atoms. The summed E-state index contributed by atoms with van der Waals surface area (Å²) >= 11 is 1.61. The van der Waals surface area contributed by atoms with E-state index in [-0.39, 0.29) is 5.91 Å². The SMILES string of the molecule is COc1ccc2c(Sc3ccccc3)c(C(=O)N3CCc4ccccc43)[nH]c2c1. The minimum Gasteiger partial charge on any atom is -0.497 e. The van der Waals surface area contributed by atoms with Crippen molar-refractivity contribution in [1.82, 2.24) is 4.98 Å². The molecule has 2 heterocycles. The quantitative estimate of drug-likeness (QED) is 0.490. The van der Waals surface area contributed by atoms with E-state index in [0.29, 0.717) is 12.2 Å². The first-order valence-corrected chi connectivity index (χ1v) is 10.4. The number of nitrogens with zero attached hydrogens (tertiary/aromatic N) is 1. The van der Waals surface area contributed by atoms with Gasteiger partial charge in [0.05, 0.1) is 17.5 Å². The van der Waals surface area contributed by atoms with E-state index in [4.69, 9.17) is 4.74 Å². The molecule has 144 valence electrons. The molecule has 0 radical (unpaired) electrons. The number of hydrogen-bond acceptors (Lipinski definition) is 3. The summed E-state index contributed by atoms with van der Waals surface area (Å²) in [5.41, 5.74) is 3.75. The number of ether oxygens (including phenoxy) is 1. The van der Waals surface area contributed by atoms with Gasteiger partial charge < -0.3 is 14.6 Å². The lowest BCUT2D eigenvalue weighted by Gasteiger charge is -2.17. The number of carbonyl (C=O) groups is 1. The number of rotatable bonds is 4. The fourth-order valence-electron chi connectivity index (χ4n) is 3.83. The predicted octanol–water partition coefficient (Wildman–Crippen LogP) is 5.53. The van der Waals surface area contributed by atoms with E-state index in [1.54, 1.807) is 18.9 Å². The maximum absolute atomic E-state index is 13.6. The minimum atomic E-state index is 0.00329. The summed E-state index contributed by atoms with van der Waals surface area (Å²) in [6, 6.07) is 24.2. The fourth-order valence-corrected chi connectivity index (χ4v) is 4.88. The number of fused-ring (bicyclic) bond motifs is 2. The Labute approximate surface area is 173 Å². The molecule has 0 spiro atoms. The van der Waals surface area contributed by atoms with Gasteiger partial charge in [0.25, 0.3) is 5.91 Å². The highest BCUT2D eigenvalue weighted by molar-refractivity contribution is 7.99. The number of benzene rings is 3. The third kappa shape index (κ3) is 3.17. The monoisotopic (exact) mass is 400 g/mol. The van der Waals surface area contributed by atoms with Crippen molar-refractivity contribution < 1.29 is 9.53 Å². The maximum atomic E-state index is 13.6. The second-order valence-corrected chi connectivity index (χ2v) is 8.08. The molecule has 1 N–H and O–H groups in total. The van der Waals surface area contributed by atoms with Gasteiger partial charge in [0, 0.05) is 28.6 Å². The van der Waals surface area contributed by atoms with Gasteiger partial charge in [-0.05, 0) is 42.3 Å². The molecule has 0 saturated carbocycles. The van der Waals surface area contributed by atoms with Crippen molar-refractivity contribution in [3.05, 3.63) is 84.1 Å². The van der Waals surface area contributed by atoms with Gasteiger partial charge in [-0.3, -0.25) is 4.79 Å². The smallest absolute Gasteiger partial charge is 0.275 e. The van der Waals surface area contributed by atoms with E-state index in [1.807, 2.05) is 59.5 Å². The number of carbonyl (C=O) groups excluding carboxylic acids is 1.